The fraction of sp³-hybridized carbons (Fsp3) is 0.455. The Balaban J connectivity index is 2.41. The lowest BCUT2D eigenvalue weighted by Gasteiger charge is -1.92. The van der Waals surface area contributed by atoms with E-state index in [9.17, 15) is 0 Å². The molecule has 58 valence electrons. The molecule has 0 N–H and O–H groups in total. The van der Waals surface area contributed by atoms with Crippen LogP contribution in [-0.2, 0) is 0 Å². The van der Waals surface area contributed by atoms with Crippen molar-refractivity contribution in [2.24, 2.45) is 0 Å². The standard InChI is InChI=1S/C11H14/c1-2-4-6-8-10-11-9-7-5-3-1/h1-4H,5,7,9-11H2/b3-1-,4-2-. The third kappa shape index (κ3) is 4.44. The van der Waals surface area contributed by atoms with Gasteiger partial charge in [0.2, 0.25) is 0 Å². The third-order valence-corrected chi connectivity index (χ3v) is 1.70. The second-order valence-corrected chi connectivity index (χ2v) is 2.71. The lowest BCUT2D eigenvalue weighted by molar-refractivity contribution is 0.702. The van der Waals surface area contributed by atoms with Crippen molar-refractivity contribution in [1.29, 1.82) is 0 Å². The van der Waals surface area contributed by atoms with E-state index in [0.717, 1.165) is 6.42 Å². The minimum atomic E-state index is 1.06. The van der Waals surface area contributed by atoms with Gasteiger partial charge in [0, 0.05) is 6.42 Å². The van der Waals surface area contributed by atoms with Crippen molar-refractivity contribution in [3.05, 3.63) is 24.3 Å². The van der Waals surface area contributed by atoms with Gasteiger partial charge in [-0.25, -0.2) is 0 Å². The van der Waals surface area contributed by atoms with E-state index in [4.69, 9.17) is 0 Å². The Hall–Kier alpha value is -0.960. The van der Waals surface area contributed by atoms with Crippen LogP contribution in [0, 0.1) is 11.8 Å². The van der Waals surface area contributed by atoms with E-state index >= 15 is 0 Å². The molecule has 0 aromatic heterocycles. The van der Waals surface area contributed by atoms with Crippen LogP contribution in [0.25, 0.3) is 0 Å². The molecule has 0 amide bonds. The molecule has 0 aromatic rings. The van der Waals surface area contributed by atoms with Gasteiger partial charge in [-0.3, -0.25) is 0 Å². The molecule has 0 saturated carbocycles. The quantitative estimate of drug-likeness (QED) is 0.461. The summed E-state index contributed by atoms with van der Waals surface area (Å²) in [6.45, 7) is 0. The maximum atomic E-state index is 3.11. The first-order chi connectivity index (χ1) is 5.50. The topological polar surface area (TPSA) is 0 Å². The van der Waals surface area contributed by atoms with Crippen molar-refractivity contribution in [1.82, 2.24) is 0 Å². The zero-order valence-electron chi connectivity index (χ0n) is 6.84. The van der Waals surface area contributed by atoms with Crippen LogP contribution in [0.2, 0.25) is 0 Å². The van der Waals surface area contributed by atoms with E-state index in [1.54, 1.807) is 0 Å². The van der Waals surface area contributed by atoms with Crippen LogP contribution < -0.4 is 0 Å². The fourth-order valence-electron chi connectivity index (χ4n) is 1.06. The molecule has 0 aromatic carbocycles. The highest BCUT2D eigenvalue weighted by Crippen LogP contribution is 2.03. The Labute approximate surface area is 69.0 Å². The average molecular weight is 146 g/mol. The largest absolute Gasteiger partial charge is 0.0985 e. The smallest absolute Gasteiger partial charge is 0.00922 e. The molecule has 11 heavy (non-hydrogen) atoms. The molecule has 0 atom stereocenters. The molecule has 1 aliphatic carbocycles. The molecule has 0 unspecified atom stereocenters. The molecular formula is C11H14. The maximum absolute atomic E-state index is 3.11. The Morgan fingerprint density at radius 3 is 3.00 bits per heavy atom. The van der Waals surface area contributed by atoms with Crippen molar-refractivity contribution in [3.63, 3.8) is 0 Å². The molecule has 1 aliphatic rings. The molecule has 0 aliphatic heterocycles. The minimum Gasteiger partial charge on any atom is -0.0985 e. The Morgan fingerprint density at radius 1 is 1.00 bits per heavy atom. The van der Waals surface area contributed by atoms with Gasteiger partial charge in [0.25, 0.3) is 0 Å². The second-order valence-electron chi connectivity index (χ2n) is 2.71. The van der Waals surface area contributed by atoms with Gasteiger partial charge in [0.15, 0.2) is 0 Å². The van der Waals surface area contributed by atoms with Crippen LogP contribution in [0.15, 0.2) is 24.3 Å². The summed E-state index contributed by atoms with van der Waals surface area (Å²) in [5.74, 6) is 6.11. The summed E-state index contributed by atoms with van der Waals surface area (Å²) in [5, 5.41) is 0. The molecule has 0 heterocycles. The van der Waals surface area contributed by atoms with E-state index in [2.05, 4.69) is 24.0 Å². The molecule has 0 bridgehead atoms. The molecule has 0 radical (unpaired) electrons. The first-order valence-electron chi connectivity index (χ1n) is 4.30. The summed E-state index contributed by atoms with van der Waals surface area (Å²) in [4.78, 5) is 0. The lowest BCUT2D eigenvalue weighted by atomic mass is 10.1. The summed E-state index contributed by atoms with van der Waals surface area (Å²) >= 11 is 0. The highest BCUT2D eigenvalue weighted by molar-refractivity contribution is 5.19. The first-order valence-corrected chi connectivity index (χ1v) is 4.30. The predicted molar refractivity (Wildman–Crippen MR) is 49.1 cm³/mol. The van der Waals surface area contributed by atoms with E-state index in [0.29, 0.717) is 0 Å². The van der Waals surface area contributed by atoms with Gasteiger partial charge in [0.1, 0.15) is 0 Å². The summed E-state index contributed by atoms with van der Waals surface area (Å²) in [6, 6.07) is 0. The molecular weight excluding hydrogens is 132 g/mol. The molecule has 0 heteroatoms. The van der Waals surface area contributed by atoms with Crippen LogP contribution in [-0.4, -0.2) is 0 Å². The van der Waals surface area contributed by atoms with Crippen LogP contribution in [0.5, 0.6) is 0 Å². The Morgan fingerprint density at radius 2 is 2.00 bits per heavy atom. The van der Waals surface area contributed by atoms with Crippen LogP contribution >= 0.6 is 0 Å². The van der Waals surface area contributed by atoms with Crippen molar-refractivity contribution < 1.29 is 0 Å². The molecule has 0 fully saturated rings. The molecule has 0 spiro atoms. The fourth-order valence-corrected chi connectivity index (χ4v) is 1.06. The summed E-state index contributed by atoms with van der Waals surface area (Å²) in [7, 11) is 0. The van der Waals surface area contributed by atoms with Gasteiger partial charge in [-0.15, -0.1) is 0 Å². The SMILES string of the molecule is C1#CCCCCC/C=C\C=C/1. The minimum absolute atomic E-state index is 1.06. The average Bonchev–Trinajstić information content (AvgIpc) is 2.08. The van der Waals surface area contributed by atoms with Gasteiger partial charge < -0.3 is 0 Å². The van der Waals surface area contributed by atoms with Gasteiger partial charge in [-0.2, -0.15) is 0 Å². The summed E-state index contributed by atoms with van der Waals surface area (Å²) < 4.78 is 0. The van der Waals surface area contributed by atoms with E-state index in [1.165, 1.54) is 25.7 Å². The highest BCUT2D eigenvalue weighted by atomic mass is 13.9. The number of rotatable bonds is 0. The van der Waals surface area contributed by atoms with Crippen LogP contribution in [0.1, 0.15) is 32.1 Å². The first kappa shape index (κ1) is 8.14. The number of allylic oxidation sites excluding steroid dienone is 4. The molecule has 0 saturated heterocycles. The molecule has 1 rings (SSSR count). The van der Waals surface area contributed by atoms with E-state index < -0.39 is 0 Å². The third-order valence-electron chi connectivity index (χ3n) is 1.70. The summed E-state index contributed by atoms with van der Waals surface area (Å²) in [6.07, 6.45) is 14.4. The van der Waals surface area contributed by atoms with Crippen molar-refractivity contribution >= 4 is 0 Å². The highest BCUT2D eigenvalue weighted by Gasteiger charge is 1.85. The molecule has 0 nitrogen and oxygen atoms in total. The van der Waals surface area contributed by atoms with Gasteiger partial charge in [-0.05, 0) is 25.3 Å². The van der Waals surface area contributed by atoms with Crippen molar-refractivity contribution in [3.8, 4) is 11.8 Å². The zero-order valence-corrected chi connectivity index (χ0v) is 6.84. The van der Waals surface area contributed by atoms with Gasteiger partial charge >= 0.3 is 0 Å². The normalized spacial score (nSPS) is 24.0. The lowest BCUT2D eigenvalue weighted by Crippen LogP contribution is -1.74. The van der Waals surface area contributed by atoms with E-state index in [1.807, 2.05) is 12.2 Å². The number of hydrogen-bond acceptors (Lipinski definition) is 0. The Kier molecular flexibility index (Phi) is 4.29. The summed E-state index contributed by atoms with van der Waals surface area (Å²) in [5.41, 5.74) is 0. The monoisotopic (exact) mass is 146 g/mol. The zero-order chi connectivity index (χ0) is 7.78. The second kappa shape index (κ2) is 5.80. The van der Waals surface area contributed by atoms with Crippen LogP contribution in [0.4, 0.5) is 0 Å². The Bertz CT molecular complexity index is 198. The van der Waals surface area contributed by atoms with Crippen molar-refractivity contribution in [2.75, 3.05) is 0 Å². The number of hydrogen-bond donors (Lipinski definition) is 0. The van der Waals surface area contributed by atoms with Crippen molar-refractivity contribution in [2.45, 2.75) is 32.1 Å². The van der Waals surface area contributed by atoms with Gasteiger partial charge in [-0.1, -0.05) is 36.5 Å². The predicted octanol–water partition coefficient (Wildman–Crippen LogP) is 3.07. The maximum Gasteiger partial charge on any atom is 0.00922 e. The van der Waals surface area contributed by atoms with Gasteiger partial charge in [0.05, 0.1) is 0 Å². The van der Waals surface area contributed by atoms with Crippen LogP contribution in [0.3, 0.4) is 0 Å². The van der Waals surface area contributed by atoms with E-state index in [-0.39, 0.29) is 0 Å².